The van der Waals surface area contributed by atoms with Gasteiger partial charge in [-0.15, -0.1) is 0 Å². The minimum Gasteiger partial charge on any atom is -0.394 e. The van der Waals surface area contributed by atoms with Crippen molar-refractivity contribution in [3.63, 3.8) is 0 Å². The van der Waals surface area contributed by atoms with E-state index in [1.807, 2.05) is 0 Å². The van der Waals surface area contributed by atoms with Crippen molar-refractivity contribution >= 4 is 5.91 Å². The van der Waals surface area contributed by atoms with Crippen molar-refractivity contribution in [1.82, 2.24) is 5.32 Å². The molecule has 0 aliphatic heterocycles. The third kappa shape index (κ3) is 37.0. The molecular formula is C46H89NO4. The molecule has 0 saturated heterocycles. The summed E-state index contributed by atoms with van der Waals surface area (Å²) in [5.74, 6) is -0.158. The summed E-state index contributed by atoms with van der Waals surface area (Å²) in [7, 11) is 0. The van der Waals surface area contributed by atoms with Gasteiger partial charge in [0.1, 0.15) is 6.10 Å². The van der Waals surface area contributed by atoms with Gasteiger partial charge < -0.3 is 20.6 Å². The molecule has 3 unspecified atom stereocenters. The zero-order chi connectivity index (χ0) is 37.3. The molecular weight excluding hydrogens is 631 g/mol. The molecule has 0 spiro atoms. The van der Waals surface area contributed by atoms with E-state index >= 15 is 0 Å². The molecule has 0 fully saturated rings. The number of aliphatic hydroxyl groups excluding tert-OH is 3. The lowest BCUT2D eigenvalue weighted by atomic mass is 10.0. The van der Waals surface area contributed by atoms with Gasteiger partial charge in [0.2, 0.25) is 5.91 Å². The van der Waals surface area contributed by atoms with Crippen LogP contribution in [0.15, 0.2) is 24.3 Å². The van der Waals surface area contributed by atoms with Gasteiger partial charge in [-0.3, -0.25) is 4.79 Å². The van der Waals surface area contributed by atoms with Crippen LogP contribution < -0.4 is 5.32 Å². The first-order chi connectivity index (χ1) is 25.1. The topological polar surface area (TPSA) is 89.8 Å². The molecule has 0 aliphatic rings. The molecule has 0 saturated carbocycles. The highest BCUT2D eigenvalue weighted by Crippen LogP contribution is 2.16. The summed E-state index contributed by atoms with van der Waals surface area (Å²) < 4.78 is 0. The van der Waals surface area contributed by atoms with Gasteiger partial charge in [0.25, 0.3) is 0 Å². The maximum absolute atomic E-state index is 12.4. The lowest BCUT2D eigenvalue weighted by Crippen LogP contribution is -2.50. The van der Waals surface area contributed by atoms with Gasteiger partial charge in [0.15, 0.2) is 0 Å². The van der Waals surface area contributed by atoms with E-state index in [0.717, 1.165) is 38.5 Å². The van der Waals surface area contributed by atoms with Gasteiger partial charge in [0, 0.05) is 6.42 Å². The molecule has 0 aromatic carbocycles. The zero-order valence-corrected chi connectivity index (χ0v) is 34.2. The number of nitrogens with one attached hydrogen (secondary N) is 1. The molecule has 1 amide bonds. The molecule has 0 rings (SSSR count). The summed E-state index contributed by atoms with van der Waals surface area (Å²) in [6.07, 6.45) is 50.1. The fourth-order valence-electron chi connectivity index (χ4n) is 6.98. The standard InChI is InChI=1S/C46H89NO4/c1-3-5-7-9-11-13-15-17-19-20-21-22-23-24-25-27-28-30-32-34-36-38-40-44(49)46(51)43(42-48)47-45(50)41-39-37-35-33-31-29-26-18-16-14-12-10-8-6-4-2/h14,16,32,34,43-44,46,48-49,51H,3-13,15,17-31,33,35-42H2,1-2H3,(H,47,50)/b16-14-,34-32+. The first-order valence-corrected chi connectivity index (χ1v) is 22.6. The van der Waals surface area contributed by atoms with Crippen LogP contribution in [0.2, 0.25) is 0 Å². The molecule has 0 aliphatic carbocycles. The number of allylic oxidation sites excluding steroid dienone is 4. The molecule has 0 radical (unpaired) electrons. The summed E-state index contributed by atoms with van der Waals surface area (Å²) >= 11 is 0. The van der Waals surface area contributed by atoms with E-state index in [1.54, 1.807) is 0 Å². The predicted octanol–water partition coefficient (Wildman–Crippen LogP) is 13.0. The third-order valence-electron chi connectivity index (χ3n) is 10.5. The number of amides is 1. The molecule has 5 nitrogen and oxygen atoms in total. The number of unbranched alkanes of at least 4 members (excludes halogenated alkanes) is 29. The minimum atomic E-state index is -1.16. The Morgan fingerprint density at radius 1 is 0.471 bits per heavy atom. The fraction of sp³-hybridized carbons (Fsp3) is 0.891. The van der Waals surface area contributed by atoms with Gasteiger partial charge in [-0.1, -0.05) is 192 Å². The van der Waals surface area contributed by atoms with Crippen molar-refractivity contribution < 1.29 is 20.1 Å². The summed E-state index contributed by atoms with van der Waals surface area (Å²) in [5.41, 5.74) is 0. The zero-order valence-electron chi connectivity index (χ0n) is 34.2. The Morgan fingerprint density at radius 3 is 1.16 bits per heavy atom. The number of rotatable bonds is 41. The predicted molar refractivity (Wildman–Crippen MR) is 222 cm³/mol. The quantitative estimate of drug-likeness (QED) is 0.0374. The Balaban J connectivity index is 3.64. The van der Waals surface area contributed by atoms with Gasteiger partial charge >= 0.3 is 0 Å². The van der Waals surface area contributed by atoms with Crippen LogP contribution in [0.1, 0.15) is 239 Å². The number of carbonyl (C=O) groups excluding carboxylic acids is 1. The SMILES string of the molecule is CCCCCC/C=C\CCCCCCCCCC(=O)NC(CO)C(O)C(O)CCC/C=C/CCCCCCCCCCCCCCCCCCC. The molecule has 0 heterocycles. The van der Waals surface area contributed by atoms with Crippen LogP contribution in [0, 0.1) is 0 Å². The Labute approximate surface area is 318 Å². The lowest BCUT2D eigenvalue weighted by Gasteiger charge is -2.26. The molecule has 0 aromatic rings. The van der Waals surface area contributed by atoms with Crippen LogP contribution in [0.3, 0.4) is 0 Å². The maximum Gasteiger partial charge on any atom is 0.220 e. The van der Waals surface area contributed by atoms with Crippen LogP contribution in [0.4, 0.5) is 0 Å². The summed E-state index contributed by atoms with van der Waals surface area (Å²) in [5, 5.41) is 33.5. The van der Waals surface area contributed by atoms with E-state index in [9.17, 15) is 20.1 Å². The average molecular weight is 720 g/mol. The highest BCUT2D eigenvalue weighted by atomic mass is 16.3. The molecule has 5 heteroatoms. The Kier molecular flexibility index (Phi) is 40.6. The monoisotopic (exact) mass is 720 g/mol. The molecule has 3 atom stereocenters. The molecule has 51 heavy (non-hydrogen) atoms. The largest absolute Gasteiger partial charge is 0.394 e. The van der Waals surface area contributed by atoms with Crippen LogP contribution in [0.5, 0.6) is 0 Å². The van der Waals surface area contributed by atoms with Crippen LogP contribution in [0.25, 0.3) is 0 Å². The van der Waals surface area contributed by atoms with Crippen molar-refractivity contribution in [2.24, 2.45) is 0 Å². The van der Waals surface area contributed by atoms with Crippen molar-refractivity contribution in [1.29, 1.82) is 0 Å². The average Bonchev–Trinajstić information content (AvgIpc) is 3.13. The molecule has 302 valence electrons. The maximum atomic E-state index is 12.4. The van der Waals surface area contributed by atoms with E-state index in [4.69, 9.17) is 0 Å². The first-order valence-electron chi connectivity index (χ1n) is 22.6. The number of hydrogen-bond donors (Lipinski definition) is 4. The summed E-state index contributed by atoms with van der Waals surface area (Å²) in [6, 6.07) is -0.826. The second-order valence-electron chi connectivity index (χ2n) is 15.6. The van der Waals surface area contributed by atoms with E-state index in [1.165, 1.54) is 173 Å². The summed E-state index contributed by atoms with van der Waals surface area (Å²) in [6.45, 7) is 4.16. The summed E-state index contributed by atoms with van der Waals surface area (Å²) in [4.78, 5) is 12.4. The van der Waals surface area contributed by atoms with E-state index in [2.05, 4.69) is 43.5 Å². The molecule has 0 aromatic heterocycles. The van der Waals surface area contributed by atoms with Crippen LogP contribution in [-0.2, 0) is 4.79 Å². The van der Waals surface area contributed by atoms with E-state index < -0.39 is 18.2 Å². The van der Waals surface area contributed by atoms with Crippen molar-refractivity contribution in [3.8, 4) is 0 Å². The minimum absolute atomic E-state index is 0.158. The van der Waals surface area contributed by atoms with Gasteiger partial charge in [-0.05, 0) is 64.2 Å². The highest BCUT2D eigenvalue weighted by molar-refractivity contribution is 5.76. The first kappa shape index (κ1) is 49.8. The second-order valence-corrected chi connectivity index (χ2v) is 15.6. The molecule has 4 N–H and O–H groups in total. The van der Waals surface area contributed by atoms with E-state index in [-0.39, 0.29) is 12.5 Å². The normalized spacial score (nSPS) is 13.7. The number of hydrogen-bond acceptors (Lipinski definition) is 4. The Morgan fingerprint density at radius 2 is 0.784 bits per heavy atom. The number of carbonyl (C=O) groups is 1. The van der Waals surface area contributed by atoms with Crippen molar-refractivity contribution in [2.75, 3.05) is 6.61 Å². The van der Waals surface area contributed by atoms with Gasteiger partial charge in [-0.2, -0.15) is 0 Å². The van der Waals surface area contributed by atoms with E-state index in [0.29, 0.717) is 12.8 Å². The highest BCUT2D eigenvalue weighted by Gasteiger charge is 2.26. The third-order valence-corrected chi connectivity index (χ3v) is 10.5. The van der Waals surface area contributed by atoms with Crippen molar-refractivity contribution in [2.45, 2.75) is 257 Å². The molecule has 0 bridgehead atoms. The van der Waals surface area contributed by atoms with Crippen LogP contribution in [-0.4, -0.2) is 46.1 Å². The van der Waals surface area contributed by atoms with Crippen LogP contribution >= 0.6 is 0 Å². The lowest BCUT2D eigenvalue weighted by molar-refractivity contribution is -0.124. The number of aliphatic hydroxyl groups is 3. The second kappa shape index (κ2) is 41.6. The Bertz CT molecular complexity index is 754. The van der Waals surface area contributed by atoms with Crippen molar-refractivity contribution in [3.05, 3.63) is 24.3 Å². The van der Waals surface area contributed by atoms with Gasteiger partial charge in [-0.25, -0.2) is 0 Å². The Hall–Kier alpha value is -1.17. The fourth-order valence-corrected chi connectivity index (χ4v) is 6.98. The van der Waals surface area contributed by atoms with Gasteiger partial charge in [0.05, 0.1) is 18.8 Å². The smallest absolute Gasteiger partial charge is 0.220 e.